The van der Waals surface area contributed by atoms with Gasteiger partial charge < -0.3 is 9.80 Å². The predicted octanol–water partition coefficient (Wildman–Crippen LogP) is 15.9. The summed E-state index contributed by atoms with van der Waals surface area (Å²) < 4.78 is 0. The molecule has 0 bridgehead atoms. The summed E-state index contributed by atoms with van der Waals surface area (Å²) in [6, 6.07) is 48.1. The van der Waals surface area contributed by atoms with E-state index in [1.165, 1.54) is 16.7 Å². The van der Waals surface area contributed by atoms with Gasteiger partial charge >= 0.3 is 0 Å². The Morgan fingerprint density at radius 1 is 0.405 bits per heavy atom. The van der Waals surface area contributed by atoms with E-state index in [0.29, 0.717) is 11.5 Å². The Hall–Kier alpha value is -9.90. The van der Waals surface area contributed by atoms with Crippen LogP contribution in [0.1, 0.15) is 93.3 Å². The molecule has 12 rings (SSSR count). The van der Waals surface area contributed by atoms with E-state index in [-0.39, 0.29) is 26.7 Å². The van der Waals surface area contributed by atoms with Crippen molar-refractivity contribution in [3.05, 3.63) is 182 Å². The van der Waals surface area contributed by atoms with Gasteiger partial charge in [-0.15, -0.1) is 0 Å². The number of fused-ring (bicyclic) bond motifs is 4. The number of benzene rings is 4. The Labute approximate surface area is 496 Å². The Bertz CT molecular complexity index is 3830. The number of anilines is 2. The van der Waals surface area contributed by atoms with Crippen LogP contribution in [-0.2, 0) is 4.79 Å². The number of aromatic amines is 4. The van der Waals surface area contributed by atoms with Gasteiger partial charge in [0.25, 0.3) is 5.91 Å². The molecule has 0 aliphatic carbocycles. The normalized spacial score (nSPS) is 9.75. The molecule has 8 aromatic heterocycles. The smallest absolute Gasteiger partial charge is 0.274 e. The number of rotatable bonds is 7. The van der Waals surface area contributed by atoms with Gasteiger partial charge in [-0.2, -0.15) is 20.4 Å². The summed E-state index contributed by atoms with van der Waals surface area (Å²) in [7, 11) is 9.10. The minimum Gasteiger partial charge on any atom is -0.361 e. The predicted molar refractivity (Wildman–Crippen MR) is 352 cm³/mol. The third-order valence-corrected chi connectivity index (χ3v) is 12.0. The van der Waals surface area contributed by atoms with Gasteiger partial charge in [-0.25, -0.2) is 0 Å². The van der Waals surface area contributed by atoms with Crippen molar-refractivity contribution in [1.29, 1.82) is 0 Å². The zero-order valence-electron chi connectivity index (χ0n) is 49.9. The SMILES string of the molecule is C.C.CC.CC.CC.CC.CC(=O)N(C)c1n[nH]c2cnc(-c3ccccc3)cc12.CN(C)C(=O)c1n[nH]c2cnc(-c3ccccc3)cc12.CN(C)c1n[nH]c2cnc(-c3ccccc3)cc12.Cc1[nH]nc2cnc(-c3ccccc3)cc12. The van der Waals surface area contributed by atoms with Crippen molar-refractivity contribution in [3.8, 4) is 45.0 Å². The number of nitrogens with zero attached hydrogens (tertiary/aromatic N) is 11. The van der Waals surface area contributed by atoms with Crippen molar-refractivity contribution in [2.45, 2.75) is 84.1 Å². The van der Waals surface area contributed by atoms with E-state index in [4.69, 9.17) is 0 Å². The standard InChI is InChI=1S/2C15H14N4O.C14H14N4.C13H11N3.4C2H6.2CH4/c1-19(2)15(20)14-11-8-12(10-6-4-3-5-7-10)16-9-13(11)17-18-14;1-10(20)19(2)15-12-8-13(11-6-4-3-5-7-11)16-9-14(12)17-18-15;1-18(2)14-11-8-12(10-6-4-3-5-7-10)15-9-13(11)16-17-14;1-9-11-7-12(10-5-3-2-4-6-10)14-8-13(11)16-15-9;4*1-2;;/h2*3-9H,1-2H3,(H,17,18);3-9H,1-2H3,(H,16,17);2-8H,1H3,(H,15,16);4*1-2H3;2*1H4. The van der Waals surface area contributed by atoms with Crippen LogP contribution in [0.25, 0.3) is 88.6 Å². The average Bonchev–Trinajstić information content (AvgIpc) is 3.77. The molecule has 84 heavy (non-hydrogen) atoms. The number of aryl methyl sites for hydroxylation is 1. The number of amides is 2. The number of hydrogen-bond donors (Lipinski definition) is 4. The highest BCUT2D eigenvalue weighted by Crippen LogP contribution is 2.29. The molecule has 0 unspecified atom stereocenters. The van der Waals surface area contributed by atoms with Crippen LogP contribution >= 0.6 is 0 Å². The van der Waals surface area contributed by atoms with E-state index >= 15 is 0 Å². The number of hydrogen-bond acceptors (Lipinski definition) is 11. The van der Waals surface area contributed by atoms with Crippen molar-refractivity contribution in [1.82, 2.24) is 65.6 Å². The van der Waals surface area contributed by atoms with Crippen LogP contribution < -0.4 is 9.80 Å². The lowest BCUT2D eigenvalue weighted by molar-refractivity contribution is -0.116. The maximum Gasteiger partial charge on any atom is 0.274 e. The highest BCUT2D eigenvalue weighted by molar-refractivity contribution is 6.05. The van der Waals surface area contributed by atoms with Crippen molar-refractivity contribution in [2.75, 3.05) is 45.0 Å². The van der Waals surface area contributed by atoms with Crippen molar-refractivity contribution in [3.63, 3.8) is 0 Å². The fraction of sp³-hybridized carbons (Fsp3) is 0.254. The van der Waals surface area contributed by atoms with Crippen LogP contribution in [0.2, 0.25) is 0 Å². The van der Waals surface area contributed by atoms with E-state index in [1.807, 2.05) is 197 Å². The van der Waals surface area contributed by atoms with Crippen LogP contribution in [0, 0.1) is 6.92 Å². The van der Waals surface area contributed by atoms with Crippen LogP contribution in [0.4, 0.5) is 11.6 Å². The fourth-order valence-corrected chi connectivity index (χ4v) is 7.95. The largest absolute Gasteiger partial charge is 0.361 e. The summed E-state index contributed by atoms with van der Waals surface area (Å²) in [4.78, 5) is 46.3. The number of aromatic nitrogens is 12. The molecule has 0 aliphatic rings. The number of carbonyl (C=O) groups is 2. The van der Waals surface area contributed by atoms with Gasteiger partial charge in [0, 0.05) is 91.7 Å². The summed E-state index contributed by atoms with van der Waals surface area (Å²) >= 11 is 0. The molecule has 17 heteroatoms. The molecule has 0 spiro atoms. The summed E-state index contributed by atoms with van der Waals surface area (Å²) in [5.41, 5.74) is 12.9. The fourth-order valence-electron chi connectivity index (χ4n) is 7.95. The maximum absolute atomic E-state index is 12.1. The minimum absolute atomic E-state index is 0. The molecule has 4 aromatic carbocycles. The summed E-state index contributed by atoms with van der Waals surface area (Å²) in [6.07, 6.45) is 7.08. The van der Waals surface area contributed by atoms with Gasteiger partial charge in [0.05, 0.1) is 64.1 Å². The summed E-state index contributed by atoms with van der Waals surface area (Å²) in [6.45, 7) is 19.5. The van der Waals surface area contributed by atoms with Crippen LogP contribution in [0.3, 0.4) is 0 Å². The van der Waals surface area contributed by atoms with Gasteiger partial charge in [0.2, 0.25) is 5.91 Å². The molecule has 12 aromatic rings. The quantitative estimate of drug-likeness (QED) is 0.118. The van der Waals surface area contributed by atoms with Crippen molar-refractivity contribution >= 4 is 67.1 Å². The molecule has 0 saturated carbocycles. The van der Waals surface area contributed by atoms with Crippen molar-refractivity contribution < 1.29 is 9.59 Å². The molecule has 440 valence electrons. The number of pyridine rings is 4. The topological polar surface area (TPSA) is 210 Å². The maximum atomic E-state index is 12.1. The molecular formula is C67H85N15O2. The molecule has 4 N–H and O–H groups in total. The van der Waals surface area contributed by atoms with E-state index in [0.717, 1.165) is 100 Å². The highest BCUT2D eigenvalue weighted by atomic mass is 16.2. The molecule has 0 saturated heterocycles. The molecule has 17 nitrogen and oxygen atoms in total. The Kier molecular flexibility index (Phi) is 28.0. The minimum atomic E-state index is -0.124. The first-order valence-corrected chi connectivity index (χ1v) is 27.6. The van der Waals surface area contributed by atoms with E-state index in [2.05, 4.69) is 97.1 Å². The Morgan fingerprint density at radius 2 is 0.738 bits per heavy atom. The summed E-state index contributed by atoms with van der Waals surface area (Å²) in [5, 5.41) is 32.3. The second kappa shape index (κ2) is 34.4. The van der Waals surface area contributed by atoms with Gasteiger partial charge in [0.1, 0.15) is 5.52 Å². The first-order valence-electron chi connectivity index (χ1n) is 27.6. The molecule has 0 radical (unpaired) electrons. The number of H-pyrrole nitrogens is 4. The lowest BCUT2D eigenvalue weighted by Crippen LogP contribution is -2.23. The lowest BCUT2D eigenvalue weighted by Gasteiger charge is -2.11. The third-order valence-electron chi connectivity index (χ3n) is 12.0. The molecule has 8 heterocycles. The van der Waals surface area contributed by atoms with E-state index < -0.39 is 0 Å². The van der Waals surface area contributed by atoms with Gasteiger partial charge in [-0.1, -0.05) is 192 Å². The second-order valence-electron chi connectivity index (χ2n) is 17.6. The first kappa shape index (κ1) is 68.4. The average molecular weight is 1130 g/mol. The number of nitrogens with one attached hydrogen (secondary N) is 4. The van der Waals surface area contributed by atoms with E-state index in [1.54, 1.807) is 39.7 Å². The van der Waals surface area contributed by atoms with Gasteiger partial charge in [-0.05, 0) is 31.2 Å². The van der Waals surface area contributed by atoms with Crippen LogP contribution in [-0.4, -0.2) is 113 Å². The van der Waals surface area contributed by atoms with Gasteiger partial charge in [-0.3, -0.25) is 54.8 Å². The third kappa shape index (κ3) is 17.1. The Morgan fingerprint density at radius 3 is 1.12 bits per heavy atom. The molecular weight excluding hydrogens is 1050 g/mol. The molecule has 2 amide bonds. The zero-order chi connectivity index (χ0) is 59.7. The number of carbonyl (C=O) groups excluding carboxylic acids is 2. The molecule has 0 fully saturated rings. The van der Waals surface area contributed by atoms with Crippen LogP contribution in [0.15, 0.2) is 170 Å². The van der Waals surface area contributed by atoms with Crippen molar-refractivity contribution in [2.24, 2.45) is 0 Å². The Balaban J connectivity index is 0.000000280. The summed E-state index contributed by atoms with van der Waals surface area (Å²) in [5.74, 6) is 1.37. The zero-order valence-corrected chi connectivity index (χ0v) is 49.9. The second-order valence-corrected chi connectivity index (χ2v) is 17.6. The monoisotopic (exact) mass is 1130 g/mol. The van der Waals surface area contributed by atoms with Gasteiger partial charge in [0.15, 0.2) is 17.3 Å². The molecule has 0 aliphatic heterocycles. The highest BCUT2D eigenvalue weighted by Gasteiger charge is 2.18. The van der Waals surface area contributed by atoms with Crippen LogP contribution in [0.5, 0.6) is 0 Å². The molecule has 0 atom stereocenters. The first-order chi connectivity index (χ1) is 39.9. The van der Waals surface area contributed by atoms with E-state index in [9.17, 15) is 9.59 Å². The lowest BCUT2D eigenvalue weighted by atomic mass is 10.1.